The first-order valence-electron chi connectivity index (χ1n) is 10.9. The van der Waals surface area contributed by atoms with Crippen LogP contribution in [0.3, 0.4) is 0 Å². The van der Waals surface area contributed by atoms with E-state index >= 15 is 0 Å². The molecule has 0 saturated carbocycles. The van der Waals surface area contributed by atoms with E-state index in [2.05, 4.69) is 14.8 Å². The number of hydrogen-bond donors (Lipinski definition) is 3. The maximum absolute atomic E-state index is 11.9. The molecular formula is C20H25F9N4O7S. The van der Waals surface area contributed by atoms with E-state index in [1.807, 2.05) is 25.7 Å². The third kappa shape index (κ3) is 14.3. The topological polar surface area (TPSA) is 152 Å². The number of likely N-dealkylation sites (tertiary alicyclic amines) is 2. The van der Waals surface area contributed by atoms with Crippen molar-refractivity contribution in [3.63, 3.8) is 0 Å². The van der Waals surface area contributed by atoms with E-state index in [9.17, 15) is 44.3 Å². The summed E-state index contributed by atoms with van der Waals surface area (Å²) >= 11 is 1.73. The van der Waals surface area contributed by atoms with Gasteiger partial charge in [-0.15, -0.1) is 11.3 Å². The number of rotatable bonds is 4. The van der Waals surface area contributed by atoms with Crippen LogP contribution in [0.2, 0.25) is 0 Å². The number of carboxylic acids is 3. The van der Waals surface area contributed by atoms with E-state index in [1.54, 1.807) is 16.2 Å². The second kappa shape index (κ2) is 15.7. The number of fused-ring (bicyclic) bond motifs is 1. The van der Waals surface area contributed by atoms with Gasteiger partial charge in [0.2, 0.25) is 5.91 Å². The average Bonchev–Trinajstić information content (AvgIpc) is 3.54. The Kier molecular flexibility index (Phi) is 14.5. The Morgan fingerprint density at radius 1 is 0.829 bits per heavy atom. The summed E-state index contributed by atoms with van der Waals surface area (Å²) < 4.78 is 95.2. The van der Waals surface area contributed by atoms with Crippen LogP contribution in [0.1, 0.15) is 17.8 Å². The van der Waals surface area contributed by atoms with Crippen LogP contribution in [0.25, 0.3) is 0 Å². The number of halogens is 9. The van der Waals surface area contributed by atoms with Crippen molar-refractivity contribution >= 4 is 35.2 Å². The van der Waals surface area contributed by atoms with Gasteiger partial charge >= 0.3 is 36.4 Å². The number of thiazole rings is 1. The normalized spacial score (nSPS) is 18.9. The van der Waals surface area contributed by atoms with Crippen molar-refractivity contribution < 1.29 is 74.0 Å². The molecule has 2 aliphatic heterocycles. The predicted molar refractivity (Wildman–Crippen MR) is 121 cm³/mol. The van der Waals surface area contributed by atoms with E-state index in [0.717, 1.165) is 19.6 Å². The van der Waals surface area contributed by atoms with Crippen molar-refractivity contribution in [1.82, 2.24) is 19.7 Å². The number of carboxylic acid groups (broad SMARTS) is 3. The molecular weight excluding hydrogens is 611 g/mol. The van der Waals surface area contributed by atoms with Crippen molar-refractivity contribution in [2.75, 3.05) is 33.7 Å². The summed E-state index contributed by atoms with van der Waals surface area (Å²) in [6.07, 6.45) is -11.0. The standard InChI is InChI=1S/C14H22N4OS.3C2HF3O2/c1-16(2)14(19)10-18-7-4-11-12(18)3-6-17(11)9-13-15-5-8-20-13;3*3-2(4,5)1(6)7/h5,8,11-12H,3-4,6-7,9-10H2,1-2H3;3*(H,6,7)/t11-,12+;;;/m1.../s1. The SMILES string of the molecule is CN(C)C(=O)CN1CC[C@@H]2[C@@H]1CCN2Cc1nccs1.O=C(O)C(F)(F)F.O=C(O)C(F)(F)F.O=C(O)C(F)(F)F. The summed E-state index contributed by atoms with van der Waals surface area (Å²) in [4.78, 5) is 49.6. The van der Waals surface area contributed by atoms with E-state index < -0.39 is 36.4 Å². The minimum atomic E-state index is -5.08. The molecule has 11 nitrogen and oxygen atoms in total. The Hall–Kier alpha value is -3.20. The fraction of sp³-hybridized carbons (Fsp3) is 0.650. The van der Waals surface area contributed by atoms with Gasteiger partial charge in [-0.1, -0.05) is 0 Å². The molecule has 0 spiro atoms. The molecule has 3 heterocycles. The number of carbonyl (C=O) groups is 4. The summed E-state index contributed by atoms with van der Waals surface area (Å²) in [6, 6.07) is 1.16. The molecule has 0 bridgehead atoms. The van der Waals surface area contributed by atoms with Crippen LogP contribution < -0.4 is 0 Å². The zero-order chi connectivity index (χ0) is 32.3. The summed E-state index contributed by atoms with van der Waals surface area (Å²) in [6.45, 7) is 3.71. The molecule has 1 aromatic rings. The largest absolute Gasteiger partial charge is 0.490 e. The van der Waals surface area contributed by atoms with Gasteiger partial charge in [0.1, 0.15) is 5.01 Å². The number of nitrogens with zero attached hydrogens (tertiary/aromatic N) is 4. The Balaban J connectivity index is 0.000000631. The molecule has 2 atom stereocenters. The van der Waals surface area contributed by atoms with Crippen molar-refractivity contribution in [3.05, 3.63) is 16.6 Å². The first kappa shape index (κ1) is 37.8. The van der Waals surface area contributed by atoms with Crippen LogP contribution in [0.5, 0.6) is 0 Å². The van der Waals surface area contributed by atoms with Crippen LogP contribution in [-0.4, -0.2) is 123 Å². The lowest BCUT2D eigenvalue weighted by molar-refractivity contribution is -0.193. The van der Waals surface area contributed by atoms with Gasteiger partial charge in [0, 0.05) is 50.8 Å². The Bertz CT molecular complexity index is 946. The van der Waals surface area contributed by atoms with Gasteiger partial charge in [-0.3, -0.25) is 14.6 Å². The highest BCUT2D eigenvalue weighted by Crippen LogP contribution is 2.32. The van der Waals surface area contributed by atoms with Gasteiger partial charge in [-0.05, 0) is 12.8 Å². The minimum absolute atomic E-state index is 0.212. The highest BCUT2D eigenvalue weighted by atomic mass is 32.1. The van der Waals surface area contributed by atoms with Crippen LogP contribution in [0.4, 0.5) is 39.5 Å². The fourth-order valence-electron chi connectivity index (χ4n) is 3.38. The number of amides is 1. The highest BCUT2D eigenvalue weighted by Gasteiger charge is 2.43. The zero-order valence-electron chi connectivity index (χ0n) is 21.1. The molecule has 0 unspecified atom stereocenters. The Morgan fingerprint density at radius 2 is 1.20 bits per heavy atom. The molecule has 41 heavy (non-hydrogen) atoms. The third-order valence-corrected chi connectivity index (χ3v) is 5.96. The van der Waals surface area contributed by atoms with Crippen molar-refractivity contribution in [2.45, 2.75) is 50.0 Å². The maximum Gasteiger partial charge on any atom is 0.490 e. The van der Waals surface area contributed by atoms with Crippen molar-refractivity contribution in [3.8, 4) is 0 Å². The fourth-order valence-corrected chi connectivity index (χ4v) is 4.02. The number of alkyl halides is 9. The number of hydrogen-bond acceptors (Lipinski definition) is 8. The monoisotopic (exact) mass is 636 g/mol. The molecule has 1 aromatic heterocycles. The molecule has 0 aromatic carbocycles. The Labute approximate surface area is 229 Å². The van der Waals surface area contributed by atoms with Crippen molar-refractivity contribution in [1.29, 1.82) is 0 Å². The van der Waals surface area contributed by atoms with E-state index in [-0.39, 0.29) is 5.91 Å². The van der Waals surface area contributed by atoms with Crippen LogP contribution in [0.15, 0.2) is 11.6 Å². The number of likely N-dealkylation sites (N-methyl/N-ethyl adjacent to an activating group) is 1. The van der Waals surface area contributed by atoms with E-state index in [1.165, 1.54) is 17.8 Å². The first-order valence-corrected chi connectivity index (χ1v) is 11.8. The quantitative estimate of drug-likeness (QED) is 0.421. The van der Waals surface area contributed by atoms with Gasteiger partial charge in [0.15, 0.2) is 0 Å². The van der Waals surface area contributed by atoms with Gasteiger partial charge in [-0.2, -0.15) is 39.5 Å². The predicted octanol–water partition coefficient (Wildman–Crippen LogP) is 2.78. The smallest absolute Gasteiger partial charge is 0.475 e. The lowest BCUT2D eigenvalue weighted by Gasteiger charge is -2.25. The summed E-state index contributed by atoms with van der Waals surface area (Å²) in [5.74, 6) is -8.06. The molecule has 1 amide bonds. The molecule has 21 heteroatoms. The molecule has 3 N–H and O–H groups in total. The van der Waals surface area contributed by atoms with Gasteiger partial charge in [0.25, 0.3) is 0 Å². The van der Waals surface area contributed by atoms with Gasteiger partial charge < -0.3 is 20.2 Å². The van der Waals surface area contributed by atoms with Crippen molar-refractivity contribution in [2.24, 2.45) is 0 Å². The molecule has 0 radical (unpaired) electrons. The number of aromatic nitrogens is 1. The first-order chi connectivity index (χ1) is 18.5. The van der Waals surface area contributed by atoms with E-state index in [4.69, 9.17) is 29.7 Å². The number of aliphatic carboxylic acids is 3. The minimum Gasteiger partial charge on any atom is -0.475 e. The molecule has 2 fully saturated rings. The summed E-state index contributed by atoms with van der Waals surface area (Å²) in [5.41, 5.74) is 0. The molecule has 3 rings (SSSR count). The molecule has 0 aliphatic carbocycles. The highest BCUT2D eigenvalue weighted by molar-refractivity contribution is 7.09. The lowest BCUT2D eigenvalue weighted by Crippen LogP contribution is -2.41. The zero-order valence-corrected chi connectivity index (χ0v) is 21.9. The molecule has 2 saturated heterocycles. The van der Waals surface area contributed by atoms with Gasteiger partial charge in [-0.25, -0.2) is 19.4 Å². The maximum atomic E-state index is 11.9. The van der Waals surface area contributed by atoms with Crippen LogP contribution in [-0.2, 0) is 25.7 Å². The third-order valence-electron chi connectivity index (χ3n) is 5.19. The van der Waals surface area contributed by atoms with Crippen LogP contribution in [0, 0.1) is 0 Å². The van der Waals surface area contributed by atoms with Gasteiger partial charge in [0.05, 0.1) is 13.1 Å². The second-order valence-electron chi connectivity index (χ2n) is 8.28. The van der Waals surface area contributed by atoms with E-state index in [0.29, 0.717) is 18.6 Å². The molecule has 2 aliphatic rings. The summed E-state index contributed by atoms with van der Waals surface area (Å²) in [7, 11) is 3.67. The molecule has 236 valence electrons. The Morgan fingerprint density at radius 3 is 1.51 bits per heavy atom. The average molecular weight is 636 g/mol. The second-order valence-corrected chi connectivity index (χ2v) is 9.25. The number of carbonyl (C=O) groups excluding carboxylic acids is 1. The lowest BCUT2D eigenvalue weighted by atomic mass is 10.1. The van der Waals surface area contributed by atoms with Crippen LogP contribution >= 0.6 is 11.3 Å². The summed E-state index contributed by atoms with van der Waals surface area (Å²) in [5, 5.41) is 24.6.